The Kier molecular flexibility index (Phi) is 5.66. The van der Waals surface area contributed by atoms with Crippen LogP contribution in [0.4, 0.5) is 11.4 Å². The van der Waals surface area contributed by atoms with Gasteiger partial charge in [0.15, 0.2) is 0 Å². The molecule has 6 nitrogen and oxygen atoms in total. The molecule has 0 atom stereocenters. The van der Waals surface area contributed by atoms with E-state index in [1.165, 1.54) is 0 Å². The number of ether oxygens (including phenoxy) is 2. The van der Waals surface area contributed by atoms with Crippen molar-refractivity contribution in [1.29, 1.82) is 0 Å². The molecule has 0 radical (unpaired) electrons. The summed E-state index contributed by atoms with van der Waals surface area (Å²) in [6.45, 7) is 0.644. The first-order valence-electron chi connectivity index (χ1n) is 9.77. The molecule has 1 aliphatic heterocycles. The Morgan fingerprint density at radius 2 is 1.77 bits per heavy atom. The molecule has 1 N–H and O–H groups in total. The van der Waals surface area contributed by atoms with Crippen LogP contribution < -0.4 is 19.7 Å². The quantitative estimate of drug-likeness (QED) is 0.639. The maximum absolute atomic E-state index is 12.8. The second-order valence-electron chi connectivity index (χ2n) is 6.93. The van der Waals surface area contributed by atoms with Gasteiger partial charge in [-0.05, 0) is 55.0 Å². The van der Waals surface area contributed by atoms with Crippen LogP contribution in [-0.4, -0.2) is 25.5 Å². The van der Waals surface area contributed by atoms with Gasteiger partial charge in [-0.3, -0.25) is 9.59 Å². The average molecular weight is 402 g/mol. The first-order chi connectivity index (χ1) is 14.6. The number of hydrogen-bond acceptors (Lipinski definition) is 4. The summed E-state index contributed by atoms with van der Waals surface area (Å²) in [4.78, 5) is 26.6. The van der Waals surface area contributed by atoms with Gasteiger partial charge in [0.1, 0.15) is 17.2 Å². The Morgan fingerprint density at radius 1 is 0.967 bits per heavy atom. The van der Waals surface area contributed by atoms with E-state index in [1.807, 2.05) is 30.3 Å². The molecule has 1 fully saturated rings. The van der Waals surface area contributed by atoms with E-state index in [-0.39, 0.29) is 11.8 Å². The molecule has 30 heavy (non-hydrogen) atoms. The maximum Gasteiger partial charge on any atom is 0.255 e. The minimum absolute atomic E-state index is 0.0579. The van der Waals surface area contributed by atoms with Crippen LogP contribution in [0.5, 0.6) is 17.2 Å². The maximum atomic E-state index is 12.8. The zero-order valence-electron chi connectivity index (χ0n) is 16.6. The molecule has 1 saturated heterocycles. The van der Waals surface area contributed by atoms with E-state index in [0.29, 0.717) is 47.2 Å². The number of benzene rings is 3. The topological polar surface area (TPSA) is 67.9 Å². The number of hydrogen-bond donors (Lipinski definition) is 1. The van der Waals surface area contributed by atoms with Crippen molar-refractivity contribution in [3.63, 3.8) is 0 Å². The third kappa shape index (κ3) is 4.27. The zero-order valence-corrected chi connectivity index (χ0v) is 16.6. The number of rotatable bonds is 6. The van der Waals surface area contributed by atoms with E-state index in [4.69, 9.17) is 9.47 Å². The van der Waals surface area contributed by atoms with E-state index >= 15 is 0 Å². The van der Waals surface area contributed by atoms with Crippen molar-refractivity contribution in [2.45, 2.75) is 12.8 Å². The highest BCUT2D eigenvalue weighted by atomic mass is 16.5. The van der Waals surface area contributed by atoms with Crippen molar-refractivity contribution in [2.75, 3.05) is 23.9 Å². The predicted molar refractivity (Wildman–Crippen MR) is 115 cm³/mol. The highest BCUT2D eigenvalue weighted by Gasteiger charge is 2.25. The van der Waals surface area contributed by atoms with Gasteiger partial charge in [0.25, 0.3) is 5.91 Å². The van der Waals surface area contributed by atoms with Crippen molar-refractivity contribution in [1.82, 2.24) is 0 Å². The molecule has 1 heterocycles. The van der Waals surface area contributed by atoms with Gasteiger partial charge in [0.05, 0.1) is 12.8 Å². The molecule has 0 spiro atoms. The number of carbonyl (C=O) groups is 2. The Bertz CT molecular complexity index is 1070. The minimum atomic E-state index is -0.266. The summed E-state index contributed by atoms with van der Waals surface area (Å²) in [7, 11) is 1.57. The summed E-state index contributed by atoms with van der Waals surface area (Å²) in [5.41, 5.74) is 1.72. The van der Waals surface area contributed by atoms with Gasteiger partial charge in [0.2, 0.25) is 5.91 Å². The van der Waals surface area contributed by atoms with E-state index < -0.39 is 0 Å². The molecule has 1 aliphatic rings. The number of para-hydroxylation sites is 1. The normalized spacial score (nSPS) is 13.2. The molecule has 152 valence electrons. The largest absolute Gasteiger partial charge is 0.495 e. The van der Waals surface area contributed by atoms with E-state index in [2.05, 4.69) is 5.32 Å². The van der Waals surface area contributed by atoms with E-state index in [0.717, 1.165) is 6.42 Å². The van der Waals surface area contributed by atoms with Crippen molar-refractivity contribution in [3.8, 4) is 17.2 Å². The summed E-state index contributed by atoms with van der Waals surface area (Å²) >= 11 is 0. The lowest BCUT2D eigenvalue weighted by Gasteiger charge is -2.20. The molecule has 6 heteroatoms. The minimum Gasteiger partial charge on any atom is -0.495 e. The third-order valence-electron chi connectivity index (χ3n) is 4.88. The molecule has 3 aromatic rings. The second-order valence-corrected chi connectivity index (χ2v) is 6.93. The lowest BCUT2D eigenvalue weighted by atomic mass is 10.2. The van der Waals surface area contributed by atoms with Crippen LogP contribution in [0.3, 0.4) is 0 Å². The number of nitrogens with one attached hydrogen (secondary N) is 1. The summed E-state index contributed by atoms with van der Waals surface area (Å²) < 4.78 is 11.2. The fourth-order valence-corrected chi connectivity index (χ4v) is 3.41. The van der Waals surface area contributed by atoms with Crippen LogP contribution in [0.15, 0.2) is 72.8 Å². The standard InChI is InChI=1S/C24H22N2O4/c1-29-22-13-12-18(16-21(22)26-14-6-11-23(26)27)25-24(28)17-7-5-10-20(15-17)30-19-8-3-2-4-9-19/h2-5,7-10,12-13,15-16H,6,11,14H2,1H3,(H,25,28). The lowest BCUT2D eigenvalue weighted by Crippen LogP contribution is -2.24. The zero-order chi connectivity index (χ0) is 20.9. The first kappa shape index (κ1) is 19.5. The fraction of sp³-hybridized carbons (Fsp3) is 0.167. The SMILES string of the molecule is COc1ccc(NC(=O)c2cccc(Oc3ccccc3)c2)cc1N1CCCC1=O. The van der Waals surface area contributed by atoms with E-state index in [1.54, 1.807) is 54.5 Å². The van der Waals surface area contributed by atoms with Gasteiger partial charge in [-0.1, -0.05) is 24.3 Å². The number of carbonyl (C=O) groups excluding carboxylic acids is 2. The first-order valence-corrected chi connectivity index (χ1v) is 9.77. The van der Waals surface area contributed by atoms with Gasteiger partial charge in [-0.25, -0.2) is 0 Å². The second kappa shape index (κ2) is 8.69. The molecule has 0 aromatic heterocycles. The van der Waals surface area contributed by atoms with Gasteiger partial charge in [-0.2, -0.15) is 0 Å². The molecule has 0 unspecified atom stereocenters. The van der Waals surface area contributed by atoms with E-state index in [9.17, 15) is 9.59 Å². The number of methoxy groups -OCH3 is 1. The number of amides is 2. The highest BCUT2D eigenvalue weighted by Crippen LogP contribution is 2.34. The summed E-state index contributed by atoms with van der Waals surface area (Å²) in [6.07, 6.45) is 1.33. The van der Waals surface area contributed by atoms with Crippen LogP contribution in [0.2, 0.25) is 0 Å². The molecule has 2 amide bonds. The molecule has 0 bridgehead atoms. The average Bonchev–Trinajstić information content (AvgIpc) is 3.20. The van der Waals surface area contributed by atoms with Gasteiger partial charge in [0, 0.05) is 24.2 Å². The van der Waals surface area contributed by atoms with Crippen LogP contribution in [-0.2, 0) is 4.79 Å². The molecular formula is C24H22N2O4. The van der Waals surface area contributed by atoms with Gasteiger partial charge in [-0.15, -0.1) is 0 Å². The summed E-state index contributed by atoms with van der Waals surface area (Å²) in [6, 6.07) is 21.7. The Balaban J connectivity index is 1.52. The molecule has 3 aromatic carbocycles. The van der Waals surface area contributed by atoms with Crippen LogP contribution in [0.25, 0.3) is 0 Å². The van der Waals surface area contributed by atoms with Crippen LogP contribution in [0.1, 0.15) is 23.2 Å². The molecule has 0 aliphatic carbocycles. The van der Waals surface area contributed by atoms with Crippen molar-refractivity contribution >= 4 is 23.2 Å². The number of nitrogens with zero attached hydrogens (tertiary/aromatic N) is 1. The van der Waals surface area contributed by atoms with Crippen LogP contribution >= 0.6 is 0 Å². The van der Waals surface area contributed by atoms with Crippen molar-refractivity contribution in [3.05, 3.63) is 78.4 Å². The monoisotopic (exact) mass is 402 g/mol. The molecule has 0 saturated carbocycles. The summed E-state index contributed by atoms with van der Waals surface area (Å²) in [5, 5.41) is 2.89. The Labute approximate surface area is 175 Å². The molecule has 4 rings (SSSR count). The lowest BCUT2D eigenvalue weighted by molar-refractivity contribution is -0.117. The van der Waals surface area contributed by atoms with Gasteiger partial charge >= 0.3 is 0 Å². The third-order valence-corrected chi connectivity index (χ3v) is 4.88. The Morgan fingerprint density at radius 3 is 2.50 bits per heavy atom. The Hall–Kier alpha value is -3.80. The highest BCUT2D eigenvalue weighted by molar-refractivity contribution is 6.05. The predicted octanol–water partition coefficient (Wildman–Crippen LogP) is 4.87. The van der Waals surface area contributed by atoms with Crippen molar-refractivity contribution < 1.29 is 19.1 Å². The van der Waals surface area contributed by atoms with Crippen LogP contribution in [0, 0.1) is 0 Å². The summed E-state index contributed by atoms with van der Waals surface area (Å²) in [5.74, 6) is 1.67. The fourth-order valence-electron chi connectivity index (χ4n) is 3.41. The molecular weight excluding hydrogens is 380 g/mol. The number of anilines is 2. The smallest absolute Gasteiger partial charge is 0.255 e. The van der Waals surface area contributed by atoms with Gasteiger partial charge < -0.3 is 19.7 Å². The van der Waals surface area contributed by atoms with Crippen molar-refractivity contribution in [2.24, 2.45) is 0 Å².